The maximum Gasteiger partial charge on any atom is 0.133 e. The molecule has 0 aliphatic carbocycles. The molecule has 1 saturated heterocycles. The van der Waals surface area contributed by atoms with E-state index < -0.39 is 11.6 Å². The number of hydrogen-bond acceptors (Lipinski definition) is 1. The van der Waals surface area contributed by atoms with Gasteiger partial charge in [-0.1, -0.05) is 6.07 Å². The second-order valence-corrected chi connectivity index (χ2v) is 3.05. The summed E-state index contributed by atoms with van der Waals surface area (Å²) in [6.07, 6.45) is 0. The van der Waals surface area contributed by atoms with Crippen LogP contribution in [-0.4, -0.2) is 6.54 Å². The topological polar surface area (TPSA) is 21.9 Å². The Balaban J connectivity index is 2.55. The predicted octanol–water partition coefficient (Wildman–Crippen LogP) is 1.92. The van der Waals surface area contributed by atoms with E-state index in [4.69, 9.17) is 0 Å². The molecule has 0 aromatic heterocycles. The van der Waals surface area contributed by atoms with Crippen molar-refractivity contribution in [3.05, 3.63) is 34.9 Å². The van der Waals surface area contributed by atoms with Crippen LogP contribution in [0.25, 0.3) is 0 Å². The van der Waals surface area contributed by atoms with Gasteiger partial charge in [0.2, 0.25) is 0 Å². The highest BCUT2D eigenvalue weighted by atomic mass is 19.1. The van der Waals surface area contributed by atoms with E-state index >= 15 is 0 Å². The summed E-state index contributed by atoms with van der Waals surface area (Å²) in [6, 6.07) is 2.66. The first-order valence-corrected chi connectivity index (χ1v) is 3.88. The molecule has 0 unspecified atom stereocenters. The van der Waals surface area contributed by atoms with Crippen LogP contribution < -0.4 is 5.32 Å². The van der Waals surface area contributed by atoms with E-state index in [1.807, 2.05) is 0 Å². The first-order chi connectivity index (χ1) is 5.70. The molecular formula is C9H9F2N. The van der Waals surface area contributed by atoms with Gasteiger partial charge in [0.15, 0.2) is 0 Å². The second-order valence-electron chi connectivity index (χ2n) is 3.05. The van der Waals surface area contributed by atoms with Gasteiger partial charge in [-0.05, 0) is 18.6 Å². The molecule has 0 amide bonds. The van der Waals surface area contributed by atoms with Crippen LogP contribution in [0.5, 0.6) is 0 Å². The van der Waals surface area contributed by atoms with E-state index in [9.17, 15) is 8.78 Å². The number of rotatable bonds is 1. The third-order valence-corrected chi connectivity index (χ3v) is 2.08. The first kappa shape index (κ1) is 7.68. The zero-order valence-corrected chi connectivity index (χ0v) is 6.70. The molecule has 1 aliphatic heterocycles. The van der Waals surface area contributed by atoms with Crippen LogP contribution in [-0.2, 0) is 0 Å². The molecule has 0 bridgehead atoms. The fourth-order valence-electron chi connectivity index (χ4n) is 1.26. The lowest BCUT2D eigenvalue weighted by molar-refractivity contribution is 0.550. The monoisotopic (exact) mass is 169 g/mol. The van der Waals surface area contributed by atoms with Crippen molar-refractivity contribution in [3.63, 3.8) is 0 Å². The minimum absolute atomic E-state index is 0.107. The molecule has 1 aliphatic rings. The van der Waals surface area contributed by atoms with E-state index in [-0.39, 0.29) is 11.6 Å². The standard InChI is InChI=1S/C9H9F2N/c1-5-2-3-6(10)8(9(5)11)7-4-12-7/h2-3,7,12H,4H2,1H3/t7-/m1/s1. The van der Waals surface area contributed by atoms with Crippen molar-refractivity contribution in [2.45, 2.75) is 13.0 Å². The Labute approximate surface area is 69.4 Å². The van der Waals surface area contributed by atoms with Gasteiger partial charge in [0, 0.05) is 12.1 Å². The number of hydrogen-bond donors (Lipinski definition) is 1. The Bertz CT molecular complexity index is 319. The van der Waals surface area contributed by atoms with E-state index in [0.29, 0.717) is 12.1 Å². The van der Waals surface area contributed by atoms with Gasteiger partial charge in [-0.25, -0.2) is 8.78 Å². The minimum atomic E-state index is -0.451. The lowest BCUT2D eigenvalue weighted by Crippen LogP contribution is -1.98. The normalized spacial score (nSPS) is 21.1. The maximum atomic E-state index is 13.3. The van der Waals surface area contributed by atoms with Gasteiger partial charge in [0.1, 0.15) is 11.6 Å². The molecule has 0 saturated carbocycles. The molecule has 2 rings (SSSR count). The Hall–Kier alpha value is -0.960. The summed E-state index contributed by atoms with van der Waals surface area (Å²) in [5, 5.41) is 2.88. The Kier molecular flexibility index (Phi) is 1.61. The molecule has 1 N–H and O–H groups in total. The summed E-state index contributed by atoms with van der Waals surface area (Å²) >= 11 is 0. The lowest BCUT2D eigenvalue weighted by atomic mass is 10.1. The van der Waals surface area contributed by atoms with Crippen molar-refractivity contribution in [1.82, 2.24) is 5.32 Å². The summed E-state index contributed by atoms with van der Waals surface area (Å²) in [7, 11) is 0. The lowest BCUT2D eigenvalue weighted by Gasteiger charge is -2.03. The zero-order valence-electron chi connectivity index (χ0n) is 6.70. The second kappa shape index (κ2) is 2.52. The largest absolute Gasteiger partial charge is 0.307 e. The Morgan fingerprint density at radius 1 is 1.42 bits per heavy atom. The highest BCUT2D eigenvalue weighted by Gasteiger charge is 2.29. The van der Waals surface area contributed by atoms with Crippen LogP contribution in [0.1, 0.15) is 17.2 Å². The van der Waals surface area contributed by atoms with E-state index in [2.05, 4.69) is 5.32 Å². The highest BCUT2D eigenvalue weighted by Crippen LogP contribution is 2.28. The minimum Gasteiger partial charge on any atom is -0.307 e. The fraction of sp³-hybridized carbons (Fsp3) is 0.333. The summed E-state index contributed by atoms with van der Waals surface area (Å²) in [4.78, 5) is 0. The third kappa shape index (κ3) is 1.10. The van der Waals surface area contributed by atoms with Crippen LogP contribution in [0.4, 0.5) is 8.78 Å². The summed E-state index contributed by atoms with van der Waals surface area (Å²) in [6.45, 7) is 2.32. The molecule has 3 heteroatoms. The SMILES string of the molecule is Cc1ccc(F)c([C@H]2CN2)c1F. The van der Waals surface area contributed by atoms with Gasteiger partial charge in [-0.2, -0.15) is 0 Å². The van der Waals surface area contributed by atoms with Crippen molar-refractivity contribution in [3.8, 4) is 0 Å². The first-order valence-electron chi connectivity index (χ1n) is 3.88. The number of nitrogens with one attached hydrogen (secondary N) is 1. The molecule has 1 aromatic carbocycles. The number of halogens is 2. The van der Waals surface area contributed by atoms with Crippen LogP contribution in [0, 0.1) is 18.6 Å². The third-order valence-electron chi connectivity index (χ3n) is 2.08. The van der Waals surface area contributed by atoms with Gasteiger partial charge in [0.25, 0.3) is 0 Å². The Morgan fingerprint density at radius 3 is 2.67 bits per heavy atom. The molecule has 12 heavy (non-hydrogen) atoms. The average molecular weight is 169 g/mol. The molecule has 64 valence electrons. The maximum absolute atomic E-state index is 13.3. The number of benzene rings is 1. The van der Waals surface area contributed by atoms with Crippen molar-refractivity contribution in [2.75, 3.05) is 6.54 Å². The van der Waals surface area contributed by atoms with Crippen molar-refractivity contribution in [2.24, 2.45) is 0 Å². The van der Waals surface area contributed by atoms with E-state index in [1.165, 1.54) is 12.1 Å². The van der Waals surface area contributed by atoms with Gasteiger partial charge < -0.3 is 5.32 Å². The fourth-order valence-corrected chi connectivity index (χ4v) is 1.26. The van der Waals surface area contributed by atoms with E-state index in [1.54, 1.807) is 6.92 Å². The van der Waals surface area contributed by atoms with Crippen LogP contribution in [0.15, 0.2) is 12.1 Å². The zero-order chi connectivity index (χ0) is 8.72. The molecule has 0 spiro atoms. The van der Waals surface area contributed by atoms with Gasteiger partial charge in [-0.15, -0.1) is 0 Å². The van der Waals surface area contributed by atoms with Crippen molar-refractivity contribution in [1.29, 1.82) is 0 Å². The van der Waals surface area contributed by atoms with Gasteiger partial charge >= 0.3 is 0 Å². The summed E-state index contributed by atoms with van der Waals surface area (Å²) in [5.74, 6) is -0.863. The predicted molar refractivity (Wildman–Crippen MR) is 41.8 cm³/mol. The quantitative estimate of drug-likeness (QED) is 0.637. The number of aryl methyl sites for hydroxylation is 1. The molecule has 0 radical (unpaired) electrons. The van der Waals surface area contributed by atoms with Gasteiger partial charge in [0.05, 0.1) is 6.04 Å². The molecule has 1 aromatic rings. The summed E-state index contributed by atoms with van der Waals surface area (Å²) < 4.78 is 26.3. The molecule has 1 fully saturated rings. The average Bonchev–Trinajstić information content (AvgIpc) is 2.81. The van der Waals surface area contributed by atoms with Gasteiger partial charge in [-0.3, -0.25) is 0 Å². The summed E-state index contributed by atoms with van der Waals surface area (Å²) in [5.41, 5.74) is 0.690. The Morgan fingerprint density at radius 2 is 2.08 bits per heavy atom. The van der Waals surface area contributed by atoms with Crippen LogP contribution >= 0.6 is 0 Å². The van der Waals surface area contributed by atoms with Crippen LogP contribution in [0.2, 0.25) is 0 Å². The highest BCUT2D eigenvalue weighted by molar-refractivity contribution is 5.31. The molecule has 1 nitrogen and oxygen atoms in total. The molecular weight excluding hydrogens is 160 g/mol. The van der Waals surface area contributed by atoms with Crippen molar-refractivity contribution >= 4 is 0 Å². The molecule has 1 heterocycles. The van der Waals surface area contributed by atoms with E-state index in [0.717, 1.165) is 0 Å². The molecule has 1 atom stereocenters. The van der Waals surface area contributed by atoms with Crippen LogP contribution in [0.3, 0.4) is 0 Å². The smallest absolute Gasteiger partial charge is 0.133 e. The van der Waals surface area contributed by atoms with Crippen molar-refractivity contribution < 1.29 is 8.78 Å².